The highest BCUT2D eigenvalue weighted by Gasteiger charge is 2.65. The van der Waals surface area contributed by atoms with E-state index in [-0.39, 0.29) is 0 Å². The van der Waals surface area contributed by atoms with Crippen LogP contribution in [0.3, 0.4) is 0 Å². The number of hydrogen-bond acceptors (Lipinski definition) is 25. The first-order chi connectivity index (χ1) is 31.7. The summed E-state index contributed by atoms with van der Waals surface area (Å²) in [5.74, 6) is 0. The SMILES string of the molecule is O=P(O)(O)O[C@@H]1[C@@H](OP(=O)(O)O)[C@H](OP(=O)(O)O)[C@@H](OP(=O)(O)OP)[C@@H](OP(=O)(O)O)[C@H]1OP(=O)(O)O.O=P(O)(O)O[C@H]1[C@H](OP(=O)(O)O)[C@@H](OP(=O)(O)O)[C@H](OP(=O)(O)O)[C@@H](OP(=O)(O)O)[C@H]1OP(=O)(O)O. The van der Waals surface area contributed by atoms with Crippen molar-refractivity contribution < 1.29 is 226 Å². The maximum Gasteiger partial charge on any atom is 0.475 e. The molecule has 0 aromatic rings. The Kier molecular flexibility index (Phi) is 25.8. The molecule has 0 aromatic carbocycles. The van der Waals surface area contributed by atoms with Crippen molar-refractivity contribution in [3.63, 3.8) is 0 Å². The third kappa shape index (κ3) is 29.9. The van der Waals surface area contributed by atoms with Gasteiger partial charge in [0.05, 0.1) is 0 Å². The fourth-order valence-electron chi connectivity index (χ4n) is 5.61. The molecular weight excluding hydrogens is 1310 g/mol. The van der Waals surface area contributed by atoms with Gasteiger partial charge in [-0.3, -0.25) is 58.6 Å². The summed E-state index contributed by atoms with van der Waals surface area (Å²) >= 11 is 0. The second-order valence-electron chi connectivity index (χ2n) is 12.8. The minimum Gasteiger partial charge on any atom is -0.303 e. The average molecular weight is 1350 g/mol. The largest absolute Gasteiger partial charge is 0.475 e. The summed E-state index contributed by atoms with van der Waals surface area (Å²) in [5.41, 5.74) is 0. The Morgan fingerprint density at radius 3 is 0.342 bits per heavy atom. The lowest BCUT2D eigenvalue weighted by Crippen LogP contribution is -2.66. The normalized spacial score (nSPS) is 29.8. The molecule has 8 atom stereocenters. The predicted octanol–water partition coefficient (Wildman–Crippen LogP) is -5.45. The van der Waals surface area contributed by atoms with Crippen LogP contribution in [-0.2, 0) is 113 Å². The van der Waals surface area contributed by atoms with Crippen molar-refractivity contribution in [2.45, 2.75) is 73.2 Å². The fraction of sp³-hybridized carbons (Fsp3) is 1.00. The molecule has 0 heterocycles. The van der Waals surface area contributed by atoms with Crippen molar-refractivity contribution in [3.8, 4) is 0 Å². The Morgan fingerprint density at radius 2 is 0.274 bits per heavy atom. The molecule has 2 aliphatic rings. The van der Waals surface area contributed by atoms with Crippen molar-refractivity contribution in [3.05, 3.63) is 0 Å². The lowest BCUT2D eigenvalue weighted by Gasteiger charge is -2.48. The highest BCUT2D eigenvalue weighted by molar-refractivity contribution is 7.52. The molecule has 0 aliphatic heterocycles. The Labute approximate surface area is 402 Å². The van der Waals surface area contributed by atoms with Gasteiger partial charge in [0.2, 0.25) is 0 Å². The number of rotatable bonds is 25. The Balaban J connectivity index is 0.000000730. The number of phosphoric acid groups is 12. The summed E-state index contributed by atoms with van der Waals surface area (Å²) in [6, 6.07) is 0. The summed E-state index contributed by atoms with van der Waals surface area (Å²) in [6.45, 7) is 0. The average Bonchev–Trinajstić information content (AvgIpc) is 3.05. The number of phosphoric ester groups is 12. The van der Waals surface area contributed by atoms with Gasteiger partial charge in [0.1, 0.15) is 73.2 Å². The van der Waals surface area contributed by atoms with Gasteiger partial charge in [-0.1, -0.05) is 0 Å². The molecule has 2 aliphatic carbocycles. The molecule has 0 radical (unpaired) electrons. The van der Waals surface area contributed by atoms with Gasteiger partial charge in [-0.25, -0.2) is 54.8 Å². The van der Waals surface area contributed by atoms with Gasteiger partial charge in [0.25, 0.3) is 0 Å². The van der Waals surface area contributed by atoms with E-state index in [1.54, 1.807) is 0 Å². The van der Waals surface area contributed by atoms with E-state index in [1.165, 1.54) is 0 Å². The molecule has 438 valence electrons. The third-order valence-electron chi connectivity index (χ3n) is 7.12. The lowest BCUT2D eigenvalue weighted by molar-refractivity contribution is -0.202. The molecule has 48 nitrogen and oxygen atoms in total. The first-order valence-electron chi connectivity index (χ1n) is 16.2. The van der Waals surface area contributed by atoms with E-state index in [4.69, 9.17) is 58.7 Å². The van der Waals surface area contributed by atoms with Gasteiger partial charge in [-0.2, -0.15) is 0 Å². The van der Waals surface area contributed by atoms with Crippen molar-refractivity contribution >= 4 is 103 Å². The molecule has 2 fully saturated rings. The van der Waals surface area contributed by atoms with Gasteiger partial charge in [-0.05, 0) is 0 Å². The van der Waals surface area contributed by atoms with E-state index in [0.29, 0.717) is 0 Å². The second kappa shape index (κ2) is 25.9. The van der Waals surface area contributed by atoms with E-state index in [2.05, 4.69) is 58.6 Å². The van der Waals surface area contributed by atoms with Gasteiger partial charge in [0.15, 0.2) is 0 Å². The van der Waals surface area contributed by atoms with Crippen LogP contribution in [0.2, 0.25) is 0 Å². The number of hydrogen-bond donors (Lipinski definition) is 23. The minimum atomic E-state index is -6.02. The highest BCUT2D eigenvalue weighted by Crippen LogP contribution is 2.60. The molecule has 73 heavy (non-hydrogen) atoms. The van der Waals surface area contributed by atoms with Crippen molar-refractivity contribution in [1.29, 1.82) is 0 Å². The summed E-state index contributed by atoms with van der Waals surface area (Å²) in [5, 5.41) is 0. The molecule has 0 aromatic heterocycles. The molecule has 2 saturated carbocycles. The van der Waals surface area contributed by atoms with Gasteiger partial charge in [-0.15, -0.1) is 0 Å². The van der Waals surface area contributed by atoms with Crippen molar-refractivity contribution in [2.75, 3.05) is 0 Å². The Morgan fingerprint density at radius 1 is 0.192 bits per heavy atom. The van der Waals surface area contributed by atoms with Gasteiger partial charge >= 0.3 is 93.9 Å². The summed E-state index contributed by atoms with van der Waals surface area (Å²) in [4.78, 5) is 211. The Hall–Kier alpha value is 1.75. The molecule has 61 heteroatoms. The van der Waals surface area contributed by atoms with Crippen LogP contribution in [0.4, 0.5) is 0 Å². The van der Waals surface area contributed by atoms with Gasteiger partial charge in [0, 0.05) is 9.47 Å². The zero-order valence-electron chi connectivity index (χ0n) is 33.4. The van der Waals surface area contributed by atoms with E-state index < -0.39 is 167 Å². The van der Waals surface area contributed by atoms with Crippen LogP contribution in [0, 0.1) is 0 Å². The molecule has 2 rings (SSSR count). The maximum atomic E-state index is 12.0. The standard InChI is InChI=1S/C6H19O24P7.C6H18O24P6/c7-32(8,9)24-1-2(25-33(10,11)12)4(27-35(16,17)18)6(29-37(22,23)30-31)5(28-36(19,20)21)3(1)26-34(13,14)15;7-31(8,9)25-1-2(26-32(10,11)12)4(28-34(16,17)18)6(30-36(22,23)24)5(29-35(19,20)21)3(1)27-33(13,14)15/h1-6H,31H2,(H,22,23)(H2,7,8,9)(H2,10,11,12)(H2,13,14,15)(H2,16,17,18)(H2,19,20,21);1-6H,(H2,7,8,9)(H2,10,11,12)(H2,13,14,15)(H2,16,17,18)(H2,19,20,21)(H2,22,23,24)/t1-,2-,3+,4-,5-,6-;1-,2-,3-,4+,5-,6-/m0./s1. The fourth-order valence-corrected chi connectivity index (χ4v) is 12.5. The smallest absolute Gasteiger partial charge is 0.303 e. The first kappa shape index (κ1) is 72.8. The first-order valence-corrected chi connectivity index (χ1v) is 35.0. The van der Waals surface area contributed by atoms with Gasteiger partial charge < -0.3 is 113 Å². The minimum absolute atomic E-state index is 1.14. The zero-order valence-corrected chi connectivity index (χ0v) is 45.3. The van der Waals surface area contributed by atoms with Crippen LogP contribution in [0.25, 0.3) is 0 Å². The highest BCUT2D eigenvalue weighted by atomic mass is 31.2. The molecule has 0 spiro atoms. The molecular formula is C12H37O48P13. The predicted molar refractivity (Wildman–Crippen MR) is 212 cm³/mol. The lowest BCUT2D eigenvalue weighted by atomic mass is 9.85. The third-order valence-corrected chi connectivity index (χ3v) is 14.4. The van der Waals surface area contributed by atoms with E-state index in [1.807, 2.05) is 0 Å². The Bertz CT molecular complexity index is 2170. The van der Waals surface area contributed by atoms with Crippen LogP contribution in [0.1, 0.15) is 0 Å². The van der Waals surface area contributed by atoms with Crippen LogP contribution in [0.15, 0.2) is 0 Å². The molecule has 0 amide bonds. The molecule has 0 bridgehead atoms. The summed E-state index contributed by atoms with van der Waals surface area (Å²) in [7, 11) is -70.5. The molecule has 2 unspecified atom stereocenters. The topological polar surface area (TPSA) is 790 Å². The van der Waals surface area contributed by atoms with Crippen LogP contribution < -0.4 is 0 Å². The zero-order chi connectivity index (χ0) is 58.1. The quantitative estimate of drug-likeness (QED) is 0.0379. The maximum absolute atomic E-state index is 12.0. The van der Waals surface area contributed by atoms with Crippen LogP contribution >= 0.6 is 103 Å². The van der Waals surface area contributed by atoms with Crippen molar-refractivity contribution in [1.82, 2.24) is 0 Å². The second-order valence-corrected chi connectivity index (χ2v) is 27.9. The summed E-state index contributed by atoms with van der Waals surface area (Å²) < 4.78 is 192. The van der Waals surface area contributed by atoms with E-state index >= 15 is 0 Å². The van der Waals surface area contributed by atoms with E-state index in [0.717, 1.165) is 9.47 Å². The molecule has 0 saturated heterocycles. The van der Waals surface area contributed by atoms with Crippen LogP contribution in [-0.4, -0.2) is 186 Å². The van der Waals surface area contributed by atoms with Crippen molar-refractivity contribution in [2.24, 2.45) is 0 Å². The van der Waals surface area contributed by atoms with E-state index in [9.17, 15) is 109 Å². The summed E-state index contributed by atoms with van der Waals surface area (Å²) in [6.07, 6.45) is -37.3. The van der Waals surface area contributed by atoms with Crippen LogP contribution in [0.5, 0.6) is 0 Å². The molecule has 23 N–H and O–H groups in total. The monoisotopic (exact) mass is 1350 g/mol.